The smallest absolute Gasteiger partial charge is 0.327 e. The molecule has 5 nitrogen and oxygen atoms in total. The Balaban J connectivity index is 2.02. The number of thiophene rings is 1. The number of hydrogen-bond donors (Lipinski definition) is 2. The fourth-order valence-corrected chi connectivity index (χ4v) is 3.16. The van der Waals surface area contributed by atoms with Crippen LogP contribution in [0.15, 0.2) is 23.1 Å². The number of aromatic amines is 1. The lowest BCUT2D eigenvalue weighted by atomic mass is 10.1. The lowest BCUT2D eigenvalue weighted by molar-refractivity contribution is -0.137. The monoisotopic (exact) mass is 372 g/mol. The van der Waals surface area contributed by atoms with E-state index in [0.29, 0.717) is 17.8 Å². The molecule has 2 aromatic heterocycles. The standard InChI is InChI=1S/C16H15F3N2O3S/c1-8-5-11(9(2)25-8)13(22)3-4-14(23)21-12-6-10(16(17,18)19)7-20-15(12)24/h5-7H,3-4H2,1-2H3,(H,20,24)(H,21,23). The number of anilines is 1. The van der Waals surface area contributed by atoms with E-state index in [0.717, 1.165) is 9.75 Å². The molecule has 0 aliphatic carbocycles. The molecular weight excluding hydrogens is 357 g/mol. The van der Waals surface area contributed by atoms with Gasteiger partial charge in [0, 0.05) is 34.4 Å². The summed E-state index contributed by atoms with van der Waals surface area (Å²) in [5, 5.41) is 2.12. The van der Waals surface area contributed by atoms with Gasteiger partial charge in [-0.15, -0.1) is 11.3 Å². The number of nitrogens with one attached hydrogen (secondary N) is 2. The Kier molecular flexibility index (Phi) is 5.46. The second-order valence-corrected chi connectivity index (χ2v) is 6.89. The van der Waals surface area contributed by atoms with E-state index in [1.54, 1.807) is 13.0 Å². The molecule has 25 heavy (non-hydrogen) atoms. The van der Waals surface area contributed by atoms with Crippen molar-refractivity contribution in [3.63, 3.8) is 0 Å². The van der Waals surface area contributed by atoms with Gasteiger partial charge in [-0.05, 0) is 26.0 Å². The number of carbonyl (C=O) groups is 2. The van der Waals surface area contributed by atoms with Crippen molar-refractivity contribution in [2.75, 3.05) is 5.32 Å². The predicted octanol–water partition coefficient (Wildman–Crippen LogP) is 3.67. The predicted molar refractivity (Wildman–Crippen MR) is 88.1 cm³/mol. The molecule has 0 unspecified atom stereocenters. The molecule has 2 N–H and O–H groups in total. The summed E-state index contributed by atoms with van der Waals surface area (Å²) in [4.78, 5) is 39.2. The van der Waals surface area contributed by atoms with Gasteiger partial charge in [0.25, 0.3) is 5.56 Å². The van der Waals surface area contributed by atoms with Gasteiger partial charge in [0.05, 0.1) is 5.56 Å². The van der Waals surface area contributed by atoms with Crippen LogP contribution in [-0.4, -0.2) is 16.7 Å². The minimum atomic E-state index is -4.64. The first kappa shape index (κ1) is 18.9. The molecule has 2 aromatic rings. The van der Waals surface area contributed by atoms with Gasteiger partial charge in [-0.3, -0.25) is 14.4 Å². The van der Waals surface area contributed by atoms with Crippen molar-refractivity contribution in [1.29, 1.82) is 0 Å². The highest BCUT2D eigenvalue weighted by molar-refractivity contribution is 7.12. The van der Waals surface area contributed by atoms with E-state index in [9.17, 15) is 27.6 Å². The molecule has 9 heteroatoms. The van der Waals surface area contributed by atoms with Gasteiger partial charge in [0.2, 0.25) is 5.91 Å². The van der Waals surface area contributed by atoms with Gasteiger partial charge in [-0.25, -0.2) is 0 Å². The first-order valence-electron chi connectivity index (χ1n) is 7.28. The van der Waals surface area contributed by atoms with Gasteiger partial charge in [0.1, 0.15) is 5.69 Å². The van der Waals surface area contributed by atoms with Gasteiger partial charge in [-0.2, -0.15) is 13.2 Å². The number of alkyl halides is 3. The molecule has 0 spiro atoms. The van der Waals surface area contributed by atoms with Crippen molar-refractivity contribution in [2.24, 2.45) is 0 Å². The van der Waals surface area contributed by atoms with E-state index < -0.39 is 28.9 Å². The summed E-state index contributed by atoms with van der Waals surface area (Å²) < 4.78 is 37.9. The number of Topliss-reactive ketones (excluding diaryl/α,β-unsaturated/α-hetero) is 1. The highest BCUT2D eigenvalue weighted by Gasteiger charge is 2.31. The van der Waals surface area contributed by atoms with Crippen LogP contribution in [-0.2, 0) is 11.0 Å². The molecule has 0 saturated carbocycles. The Bertz CT molecular complexity index is 868. The van der Waals surface area contributed by atoms with Crippen LogP contribution in [0.25, 0.3) is 0 Å². The van der Waals surface area contributed by atoms with Crippen molar-refractivity contribution in [1.82, 2.24) is 4.98 Å². The quantitative estimate of drug-likeness (QED) is 0.786. The largest absolute Gasteiger partial charge is 0.417 e. The Morgan fingerprint density at radius 1 is 1.20 bits per heavy atom. The van der Waals surface area contributed by atoms with Gasteiger partial charge in [0.15, 0.2) is 5.78 Å². The average Bonchev–Trinajstić information content (AvgIpc) is 2.84. The lowest BCUT2D eigenvalue weighted by Crippen LogP contribution is -2.21. The summed E-state index contributed by atoms with van der Waals surface area (Å²) in [6.07, 6.45) is -4.44. The normalized spacial score (nSPS) is 11.4. The summed E-state index contributed by atoms with van der Waals surface area (Å²) in [5.41, 5.74) is -1.90. The fraction of sp³-hybridized carbons (Fsp3) is 0.312. The molecule has 0 aliphatic heterocycles. The van der Waals surface area contributed by atoms with Gasteiger partial charge >= 0.3 is 6.18 Å². The Hall–Kier alpha value is -2.42. The second-order valence-electron chi connectivity index (χ2n) is 5.43. The van der Waals surface area contributed by atoms with E-state index in [1.807, 2.05) is 11.9 Å². The lowest BCUT2D eigenvalue weighted by Gasteiger charge is -2.09. The van der Waals surface area contributed by atoms with E-state index in [-0.39, 0.29) is 18.6 Å². The maximum atomic E-state index is 12.6. The van der Waals surface area contributed by atoms with Crippen LogP contribution >= 0.6 is 11.3 Å². The van der Waals surface area contributed by atoms with Crippen molar-refractivity contribution >= 4 is 28.7 Å². The number of pyridine rings is 1. The van der Waals surface area contributed by atoms with Gasteiger partial charge < -0.3 is 10.3 Å². The number of hydrogen-bond acceptors (Lipinski definition) is 4. The number of H-pyrrole nitrogens is 1. The Morgan fingerprint density at radius 3 is 2.44 bits per heavy atom. The Labute approximate surface area is 144 Å². The van der Waals surface area contributed by atoms with Crippen LogP contribution in [0, 0.1) is 13.8 Å². The number of amides is 1. The zero-order valence-corrected chi connectivity index (χ0v) is 14.2. The van der Waals surface area contributed by atoms with Crippen molar-refractivity contribution in [2.45, 2.75) is 32.9 Å². The summed E-state index contributed by atoms with van der Waals surface area (Å²) in [5.74, 6) is -0.933. The molecule has 0 aliphatic rings. The van der Waals surface area contributed by atoms with Crippen molar-refractivity contribution < 1.29 is 22.8 Å². The number of rotatable bonds is 5. The maximum Gasteiger partial charge on any atom is 0.417 e. The van der Waals surface area contributed by atoms with Crippen LogP contribution in [0.2, 0.25) is 0 Å². The third-order valence-electron chi connectivity index (χ3n) is 3.43. The summed E-state index contributed by atoms with van der Waals surface area (Å²) in [7, 11) is 0. The number of halogens is 3. The highest BCUT2D eigenvalue weighted by atomic mass is 32.1. The number of carbonyl (C=O) groups excluding carboxylic acids is 2. The topological polar surface area (TPSA) is 79.0 Å². The van der Waals surface area contributed by atoms with Crippen molar-refractivity contribution in [3.8, 4) is 0 Å². The number of ketones is 1. The van der Waals surface area contributed by atoms with Crippen LogP contribution in [0.1, 0.15) is 38.5 Å². The average molecular weight is 372 g/mol. The van der Waals surface area contributed by atoms with Crippen LogP contribution in [0.4, 0.5) is 18.9 Å². The third-order valence-corrected chi connectivity index (χ3v) is 4.39. The Morgan fingerprint density at radius 2 is 1.88 bits per heavy atom. The van der Waals surface area contributed by atoms with Gasteiger partial charge in [-0.1, -0.05) is 0 Å². The molecule has 2 heterocycles. The zero-order valence-electron chi connectivity index (χ0n) is 13.4. The number of aryl methyl sites for hydroxylation is 2. The summed E-state index contributed by atoms with van der Waals surface area (Å²) in [6.45, 7) is 3.66. The fourth-order valence-electron chi connectivity index (χ4n) is 2.22. The third kappa shape index (κ3) is 4.79. The SMILES string of the molecule is Cc1cc(C(=O)CCC(=O)Nc2cc(C(F)(F)F)c[nH]c2=O)c(C)s1. The molecule has 0 radical (unpaired) electrons. The molecule has 134 valence electrons. The van der Waals surface area contributed by atoms with Crippen LogP contribution in [0.3, 0.4) is 0 Å². The molecular formula is C16H15F3N2O3S. The molecule has 0 fully saturated rings. The van der Waals surface area contributed by atoms with E-state index in [2.05, 4.69) is 5.32 Å². The highest BCUT2D eigenvalue weighted by Crippen LogP contribution is 2.29. The summed E-state index contributed by atoms with van der Waals surface area (Å²) in [6, 6.07) is 2.29. The van der Waals surface area contributed by atoms with Crippen LogP contribution in [0.5, 0.6) is 0 Å². The molecule has 0 bridgehead atoms. The zero-order chi connectivity index (χ0) is 18.8. The number of aromatic nitrogens is 1. The van der Waals surface area contributed by atoms with E-state index in [4.69, 9.17) is 0 Å². The molecule has 0 aromatic carbocycles. The molecule has 0 saturated heterocycles. The van der Waals surface area contributed by atoms with Crippen LogP contribution < -0.4 is 10.9 Å². The minimum absolute atomic E-state index is 0.0975. The molecule has 1 amide bonds. The summed E-state index contributed by atoms with van der Waals surface area (Å²) >= 11 is 1.47. The first-order valence-corrected chi connectivity index (χ1v) is 8.09. The molecule has 0 atom stereocenters. The van der Waals surface area contributed by atoms with Crippen molar-refractivity contribution in [3.05, 3.63) is 49.6 Å². The molecule has 2 rings (SSSR count). The van der Waals surface area contributed by atoms with E-state index >= 15 is 0 Å². The van der Waals surface area contributed by atoms with E-state index in [1.165, 1.54) is 11.3 Å². The maximum absolute atomic E-state index is 12.6. The first-order chi connectivity index (χ1) is 11.6. The second kappa shape index (κ2) is 7.22. The minimum Gasteiger partial charge on any atom is -0.327 e.